The summed E-state index contributed by atoms with van der Waals surface area (Å²) < 4.78 is 39.5. The molecule has 0 aliphatic carbocycles. The molecule has 1 heterocycles. The SMILES string of the molecule is C[C@H](CO)N(C)C(=O)Nc1ccn(-c2cccc(C(F)(F)F)c2)n1. The van der Waals surface area contributed by atoms with E-state index in [1.807, 2.05) is 0 Å². The van der Waals surface area contributed by atoms with Crippen molar-refractivity contribution in [1.29, 1.82) is 0 Å². The number of alkyl halides is 3. The number of benzene rings is 1. The highest BCUT2D eigenvalue weighted by atomic mass is 19.4. The van der Waals surface area contributed by atoms with Crippen molar-refractivity contribution < 1.29 is 23.1 Å². The van der Waals surface area contributed by atoms with E-state index in [0.29, 0.717) is 0 Å². The number of hydrogen-bond donors (Lipinski definition) is 2. The zero-order chi connectivity index (χ0) is 17.9. The van der Waals surface area contributed by atoms with E-state index in [0.717, 1.165) is 12.1 Å². The van der Waals surface area contributed by atoms with Gasteiger partial charge in [-0.3, -0.25) is 5.32 Å². The lowest BCUT2D eigenvalue weighted by Crippen LogP contribution is -2.40. The fourth-order valence-corrected chi connectivity index (χ4v) is 1.88. The van der Waals surface area contributed by atoms with Gasteiger partial charge in [0.15, 0.2) is 5.82 Å². The molecule has 0 fully saturated rings. The smallest absolute Gasteiger partial charge is 0.394 e. The van der Waals surface area contributed by atoms with Gasteiger partial charge in [-0.15, -0.1) is 5.10 Å². The van der Waals surface area contributed by atoms with Gasteiger partial charge in [0.1, 0.15) is 0 Å². The molecular formula is C15H17F3N4O2. The number of nitrogens with one attached hydrogen (secondary N) is 1. The summed E-state index contributed by atoms with van der Waals surface area (Å²) in [6.45, 7) is 1.48. The summed E-state index contributed by atoms with van der Waals surface area (Å²) >= 11 is 0. The zero-order valence-corrected chi connectivity index (χ0v) is 13.1. The van der Waals surface area contributed by atoms with Crippen molar-refractivity contribution in [3.8, 4) is 5.69 Å². The minimum atomic E-state index is -4.44. The molecule has 1 aromatic carbocycles. The van der Waals surface area contributed by atoms with Crippen LogP contribution >= 0.6 is 0 Å². The summed E-state index contributed by atoms with van der Waals surface area (Å²) in [5.74, 6) is 0.189. The quantitative estimate of drug-likeness (QED) is 0.898. The Balaban J connectivity index is 2.15. The lowest BCUT2D eigenvalue weighted by Gasteiger charge is -2.22. The molecule has 2 N–H and O–H groups in total. The van der Waals surface area contributed by atoms with Crippen LogP contribution in [0.25, 0.3) is 5.69 Å². The van der Waals surface area contributed by atoms with Crippen molar-refractivity contribution in [2.45, 2.75) is 19.1 Å². The molecule has 1 atom stereocenters. The Labute approximate surface area is 136 Å². The Kier molecular flexibility index (Phi) is 5.13. The van der Waals surface area contributed by atoms with Crippen LogP contribution in [0.2, 0.25) is 0 Å². The van der Waals surface area contributed by atoms with Gasteiger partial charge < -0.3 is 10.0 Å². The average Bonchev–Trinajstić information content (AvgIpc) is 3.01. The number of aliphatic hydroxyl groups excluding tert-OH is 1. The molecule has 0 radical (unpaired) electrons. The van der Waals surface area contributed by atoms with Gasteiger partial charge in [-0.1, -0.05) is 6.07 Å². The Morgan fingerprint density at radius 1 is 1.42 bits per heavy atom. The molecule has 0 unspecified atom stereocenters. The molecule has 0 bridgehead atoms. The number of nitrogens with zero attached hydrogens (tertiary/aromatic N) is 3. The van der Waals surface area contributed by atoms with Crippen molar-refractivity contribution in [2.75, 3.05) is 19.0 Å². The topological polar surface area (TPSA) is 70.4 Å². The average molecular weight is 342 g/mol. The summed E-state index contributed by atoms with van der Waals surface area (Å²) in [5, 5.41) is 15.6. The number of carbonyl (C=O) groups excluding carboxylic acids is 1. The van der Waals surface area contributed by atoms with Gasteiger partial charge in [0.2, 0.25) is 0 Å². The van der Waals surface area contributed by atoms with Crippen LogP contribution in [-0.2, 0) is 6.18 Å². The van der Waals surface area contributed by atoms with Gasteiger partial charge in [-0.05, 0) is 25.1 Å². The van der Waals surface area contributed by atoms with Crippen LogP contribution in [0.3, 0.4) is 0 Å². The van der Waals surface area contributed by atoms with E-state index < -0.39 is 17.8 Å². The number of hydrogen-bond acceptors (Lipinski definition) is 3. The van der Waals surface area contributed by atoms with Crippen LogP contribution in [0.1, 0.15) is 12.5 Å². The van der Waals surface area contributed by atoms with Gasteiger partial charge in [0.25, 0.3) is 0 Å². The maximum absolute atomic E-state index is 12.7. The molecular weight excluding hydrogens is 325 g/mol. The number of likely N-dealkylation sites (N-methyl/N-ethyl adjacent to an activating group) is 1. The molecule has 2 rings (SSSR count). The largest absolute Gasteiger partial charge is 0.416 e. The summed E-state index contributed by atoms with van der Waals surface area (Å²) in [4.78, 5) is 13.2. The number of carbonyl (C=O) groups is 1. The standard InChI is InChI=1S/C15H17F3N4O2/c1-10(9-23)21(2)14(24)19-13-6-7-22(20-13)12-5-3-4-11(8-12)15(16,17)18/h3-8,10,23H,9H2,1-2H3,(H,19,20,24)/t10-/m1/s1. The normalized spacial score (nSPS) is 12.8. The van der Waals surface area contributed by atoms with Gasteiger partial charge in [0, 0.05) is 19.3 Å². The first-order valence-corrected chi connectivity index (χ1v) is 7.10. The lowest BCUT2D eigenvalue weighted by atomic mass is 10.2. The fraction of sp³-hybridized carbons (Fsp3) is 0.333. The molecule has 9 heteroatoms. The predicted molar refractivity (Wildman–Crippen MR) is 81.9 cm³/mol. The van der Waals surface area contributed by atoms with Gasteiger partial charge in [-0.2, -0.15) is 13.2 Å². The van der Waals surface area contributed by atoms with Crippen molar-refractivity contribution in [3.63, 3.8) is 0 Å². The molecule has 2 amide bonds. The number of urea groups is 1. The molecule has 1 aromatic heterocycles. The van der Waals surface area contributed by atoms with Crippen molar-refractivity contribution >= 4 is 11.8 Å². The molecule has 0 spiro atoms. The van der Waals surface area contributed by atoms with E-state index in [1.54, 1.807) is 6.92 Å². The molecule has 0 saturated carbocycles. The van der Waals surface area contributed by atoms with Crippen LogP contribution in [0.5, 0.6) is 0 Å². The second kappa shape index (κ2) is 6.91. The van der Waals surface area contributed by atoms with Crippen LogP contribution in [0, 0.1) is 0 Å². The summed E-state index contributed by atoms with van der Waals surface area (Å²) in [5.41, 5.74) is -0.556. The highest BCUT2D eigenvalue weighted by Gasteiger charge is 2.30. The van der Waals surface area contributed by atoms with Gasteiger partial charge >= 0.3 is 12.2 Å². The Hall–Kier alpha value is -2.55. The van der Waals surface area contributed by atoms with Crippen molar-refractivity contribution in [1.82, 2.24) is 14.7 Å². The molecule has 0 aliphatic rings. The van der Waals surface area contributed by atoms with Crippen molar-refractivity contribution in [3.05, 3.63) is 42.1 Å². The number of amides is 2. The minimum absolute atomic E-state index is 0.189. The summed E-state index contributed by atoms with van der Waals surface area (Å²) in [7, 11) is 1.51. The Bertz CT molecular complexity index is 715. The fourth-order valence-electron chi connectivity index (χ4n) is 1.88. The van der Waals surface area contributed by atoms with E-state index in [1.165, 1.54) is 41.0 Å². The van der Waals surface area contributed by atoms with E-state index in [4.69, 9.17) is 5.11 Å². The number of rotatable bonds is 4. The summed E-state index contributed by atoms with van der Waals surface area (Å²) in [6.07, 6.45) is -3.00. The zero-order valence-electron chi connectivity index (χ0n) is 13.1. The van der Waals surface area contributed by atoms with E-state index in [9.17, 15) is 18.0 Å². The third kappa shape index (κ3) is 4.05. The number of aliphatic hydroxyl groups is 1. The number of halogens is 3. The van der Waals surface area contributed by atoms with E-state index >= 15 is 0 Å². The first-order chi connectivity index (χ1) is 11.2. The molecule has 0 saturated heterocycles. The second-order valence-electron chi connectivity index (χ2n) is 5.27. The minimum Gasteiger partial charge on any atom is -0.394 e. The molecule has 2 aromatic rings. The van der Waals surface area contributed by atoms with E-state index in [2.05, 4.69) is 10.4 Å². The van der Waals surface area contributed by atoms with Gasteiger partial charge in [0.05, 0.1) is 23.9 Å². The first-order valence-electron chi connectivity index (χ1n) is 7.10. The maximum atomic E-state index is 12.7. The Morgan fingerprint density at radius 2 is 2.12 bits per heavy atom. The molecule has 6 nitrogen and oxygen atoms in total. The van der Waals surface area contributed by atoms with Crippen LogP contribution in [-0.4, -0.2) is 45.5 Å². The number of anilines is 1. The predicted octanol–water partition coefficient (Wildman–Crippen LogP) is 2.74. The maximum Gasteiger partial charge on any atom is 0.416 e. The molecule has 24 heavy (non-hydrogen) atoms. The lowest BCUT2D eigenvalue weighted by molar-refractivity contribution is -0.137. The van der Waals surface area contributed by atoms with Crippen LogP contribution in [0.15, 0.2) is 36.5 Å². The molecule has 0 aliphatic heterocycles. The monoisotopic (exact) mass is 342 g/mol. The third-order valence-electron chi connectivity index (χ3n) is 3.51. The number of aromatic nitrogens is 2. The van der Waals surface area contributed by atoms with Crippen LogP contribution in [0.4, 0.5) is 23.8 Å². The van der Waals surface area contributed by atoms with Gasteiger partial charge in [-0.25, -0.2) is 9.48 Å². The molecule has 130 valence electrons. The van der Waals surface area contributed by atoms with Crippen molar-refractivity contribution in [2.24, 2.45) is 0 Å². The summed E-state index contributed by atoms with van der Waals surface area (Å²) in [6, 6.07) is 5.32. The van der Waals surface area contributed by atoms with E-state index in [-0.39, 0.29) is 24.2 Å². The second-order valence-corrected chi connectivity index (χ2v) is 5.27. The van der Waals surface area contributed by atoms with Crippen LogP contribution < -0.4 is 5.32 Å². The first kappa shape index (κ1) is 17.8. The third-order valence-corrected chi connectivity index (χ3v) is 3.51. The highest BCUT2D eigenvalue weighted by Crippen LogP contribution is 2.30. The highest BCUT2D eigenvalue weighted by molar-refractivity contribution is 5.88. The Morgan fingerprint density at radius 3 is 2.75 bits per heavy atom.